The van der Waals surface area contributed by atoms with Crippen molar-refractivity contribution in [1.82, 2.24) is 9.88 Å². The third-order valence-corrected chi connectivity index (χ3v) is 3.60. The lowest BCUT2D eigenvalue weighted by atomic mass is 10.0. The number of hydrogen-bond acceptors (Lipinski definition) is 2. The van der Waals surface area contributed by atoms with Gasteiger partial charge in [-0.15, -0.1) is 0 Å². The minimum Gasteiger partial charge on any atom is -0.361 e. The number of nitrogens with two attached hydrogens (primary N) is 1. The number of likely N-dealkylation sites (tertiary alicyclic amines) is 1. The summed E-state index contributed by atoms with van der Waals surface area (Å²) in [7, 11) is 0. The van der Waals surface area contributed by atoms with Crippen LogP contribution in [-0.2, 0) is 11.3 Å². The van der Waals surface area contributed by atoms with Gasteiger partial charge in [-0.2, -0.15) is 0 Å². The molecule has 1 saturated heterocycles. The SMILES string of the molecule is NC1CCN(Cc2c[nH]c3ccccc23)C(=O)C1. The number of carbonyl (C=O) groups excluding carboxylic acids is 1. The Morgan fingerprint density at radius 3 is 3.06 bits per heavy atom. The Labute approximate surface area is 106 Å². The fraction of sp³-hybridized carbons (Fsp3) is 0.357. The van der Waals surface area contributed by atoms with Crippen LogP contribution in [0.5, 0.6) is 0 Å². The van der Waals surface area contributed by atoms with Gasteiger partial charge in [-0.3, -0.25) is 4.79 Å². The van der Waals surface area contributed by atoms with E-state index in [9.17, 15) is 4.79 Å². The average molecular weight is 243 g/mol. The maximum absolute atomic E-state index is 11.9. The van der Waals surface area contributed by atoms with E-state index in [-0.39, 0.29) is 11.9 Å². The summed E-state index contributed by atoms with van der Waals surface area (Å²) in [6.07, 6.45) is 3.36. The standard InChI is InChI=1S/C14H17N3O/c15-11-5-6-17(14(18)7-11)9-10-8-16-13-4-2-1-3-12(10)13/h1-4,8,11,16H,5-7,9,15H2. The lowest BCUT2D eigenvalue weighted by Gasteiger charge is -2.29. The summed E-state index contributed by atoms with van der Waals surface area (Å²) in [5.74, 6) is 0.166. The van der Waals surface area contributed by atoms with Crippen LogP contribution in [0.1, 0.15) is 18.4 Å². The summed E-state index contributed by atoms with van der Waals surface area (Å²) in [5.41, 5.74) is 8.09. The van der Waals surface area contributed by atoms with Gasteiger partial charge in [0.05, 0.1) is 0 Å². The second-order valence-corrected chi connectivity index (χ2v) is 4.93. The van der Waals surface area contributed by atoms with Crippen LogP contribution in [0.4, 0.5) is 0 Å². The monoisotopic (exact) mass is 243 g/mol. The van der Waals surface area contributed by atoms with Crippen LogP contribution in [0.25, 0.3) is 10.9 Å². The number of nitrogens with one attached hydrogen (secondary N) is 1. The van der Waals surface area contributed by atoms with Crippen molar-refractivity contribution in [2.24, 2.45) is 5.73 Å². The largest absolute Gasteiger partial charge is 0.361 e. The van der Waals surface area contributed by atoms with Gasteiger partial charge in [0.25, 0.3) is 0 Å². The summed E-state index contributed by atoms with van der Waals surface area (Å²) in [4.78, 5) is 17.0. The highest BCUT2D eigenvalue weighted by molar-refractivity contribution is 5.84. The Morgan fingerprint density at radius 2 is 2.22 bits per heavy atom. The molecular formula is C14H17N3O. The Morgan fingerprint density at radius 1 is 1.39 bits per heavy atom. The van der Waals surface area contributed by atoms with Gasteiger partial charge in [0.2, 0.25) is 5.91 Å². The van der Waals surface area contributed by atoms with Gasteiger partial charge >= 0.3 is 0 Å². The zero-order valence-corrected chi connectivity index (χ0v) is 10.2. The minimum atomic E-state index is 0.0386. The van der Waals surface area contributed by atoms with Gasteiger partial charge < -0.3 is 15.6 Å². The summed E-state index contributed by atoms with van der Waals surface area (Å²) < 4.78 is 0. The smallest absolute Gasteiger partial charge is 0.224 e. The van der Waals surface area contributed by atoms with E-state index in [1.54, 1.807) is 0 Å². The molecule has 18 heavy (non-hydrogen) atoms. The molecule has 1 amide bonds. The zero-order chi connectivity index (χ0) is 12.5. The number of amides is 1. The third kappa shape index (κ3) is 1.99. The Hall–Kier alpha value is -1.81. The number of aromatic nitrogens is 1. The normalized spacial score (nSPS) is 20.6. The molecule has 94 valence electrons. The van der Waals surface area contributed by atoms with Gasteiger partial charge in [-0.05, 0) is 18.1 Å². The Kier molecular flexibility index (Phi) is 2.80. The van der Waals surface area contributed by atoms with Gasteiger partial charge in [-0.25, -0.2) is 0 Å². The molecule has 0 radical (unpaired) electrons. The maximum atomic E-state index is 11.9. The molecule has 4 nitrogen and oxygen atoms in total. The van der Waals surface area contributed by atoms with Crippen molar-refractivity contribution in [3.8, 4) is 0 Å². The lowest BCUT2D eigenvalue weighted by molar-refractivity contribution is -0.134. The van der Waals surface area contributed by atoms with E-state index in [1.165, 1.54) is 10.9 Å². The van der Waals surface area contributed by atoms with Crippen LogP contribution in [0.2, 0.25) is 0 Å². The molecule has 0 spiro atoms. The van der Waals surface area contributed by atoms with Crippen LogP contribution < -0.4 is 5.73 Å². The minimum absolute atomic E-state index is 0.0386. The van der Waals surface area contributed by atoms with Crippen molar-refractivity contribution in [2.45, 2.75) is 25.4 Å². The molecule has 3 rings (SSSR count). The van der Waals surface area contributed by atoms with Crippen LogP contribution in [0.3, 0.4) is 0 Å². The fourth-order valence-corrected chi connectivity index (χ4v) is 2.54. The first kappa shape index (κ1) is 11.3. The number of piperidine rings is 1. The van der Waals surface area contributed by atoms with Crippen molar-refractivity contribution >= 4 is 16.8 Å². The lowest BCUT2D eigenvalue weighted by Crippen LogP contribution is -2.43. The van der Waals surface area contributed by atoms with Crippen LogP contribution in [0.15, 0.2) is 30.5 Å². The van der Waals surface area contributed by atoms with E-state index in [0.29, 0.717) is 13.0 Å². The second-order valence-electron chi connectivity index (χ2n) is 4.93. The van der Waals surface area contributed by atoms with Crippen LogP contribution in [0, 0.1) is 0 Å². The van der Waals surface area contributed by atoms with E-state index in [0.717, 1.165) is 18.5 Å². The number of nitrogens with zero attached hydrogens (tertiary/aromatic N) is 1. The summed E-state index contributed by atoms with van der Waals surface area (Å²) in [6.45, 7) is 1.44. The number of aromatic amines is 1. The number of para-hydroxylation sites is 1. The predicted molar refractivity (Wildman–Crippen MR) is 70.9 cm³/mol. The molecule has 0 saturated carbocycles. The molecule has 1 aliphatic heterocycles. The molecular weight excluding hydrogens is 226 g/mol. The number of fused-ring (bicyclic) bond motifs is 1. The molecule has 1 fully saturated rings. The average Bonchev–Trinajstić information content (AvgIpc) is 2.76. The van der Waals surface area contributed by atoms with Crippen molar-refractivity contribution in [1.29, 1.82) is 0 Å². The van der Waals surface area contributed by atoms with Crippen LogP contribution in [-0.4, -0.2) is 28.4 Å². The molecule has 2 heterocycles. The molecule has 1 aromatic heterocycles. The summed E-state index contributed by atoms with van der Waals surface area (Å²) >= 11 is 0. The van der Waals surface area contributed by atoms with Crippen molar-refractivity contribution in [3.63, 3.8) is 0 Å². The maximum Gasteiger partial charge on any atom is 0.224 e. The molecule has 1 unspecified atom stereocenters. The number of H-pyrrole nitrogens is 1. The van der Waals surface area contributed by atoms with E-state index in [1.807, 2.05) is 29.3 Å². The first-order valence-corrected chi connectivity index (χ1v) is 6.32. The van der Waals surface area contributed by atoms with Crippen molar-refractivity contribution in [2.75, 3.05) is 6.54 Å². The van der Waals surface area contributed by atoms with Crippen LogP contribution >= 0.6 is 0 Å². The summed E-state index contributed by atoms with van der Waals surface area (Å²) in [5, 5.41) is 1.19. The molecule has 0 bridgehead atoms. The molecule has 4 heteroatoms. The number of hydrogen-bond donors (Lipinski definition) is 2. The van der Waals surface area contributed by atoms with E-state index < -0.39 is 0 Å². The molecule has 1 aliphatic rings. The van der Waals surface area contributed by atoms with Gasteiger partial charge in [0, 0.05) is 42.7 Å². The highest BCUT2D eigenvalue weighted by atomic mass is 16.2. The second kappa shape index (κ2) is 4.46. The first-order valence-electron chi connectivity index (χ1n) is 6.32. The highest BCUT2D eigenvalue weighted by Gasteiger charge is 2.23. The predicted octanol–water partition coefficient (Wildman–Crippen LogP) is 1.62. The fourth-order valence-electron chi connectivity index (χ4n) is 2.54. The Balaban J connectivity index is 1.82. The number of benzene rings is 1. The number of rotatable bonds is 2. The first-order chi connectivity index (χ1) is 8.74. The highest BCUT2D eigenvalue weighted by Crippen LogP contribution is 2.21. The van der Waals surface area contributed by atoms with Crippen molar-refractivity contribution in [3.05, 3.63) is 36.0 Å². The van der Waals surface area contributed by atoms with Gasteiger partial charge in [0.15, 0.2) is 0 Å². The molecule has 1 aromatic carbocycles. The molecule has 0 aliphatic carbocycles. The molecule has 2 aromatic rings. The van der Waals surface area contributed by atoms with Crippen molar-refractivity contribution < 1.29 is 4.79 Å². The third-order valence-electron chi connectivity index (χ3n) is 3.60. The summed E-state index contributed by atoms with van der Waals surface area (Å²) in [6, 6.07) is 8.20. The Bertz CT molecular complexity index is 575. The van der Waals surface area contributed by atoms with Gasteiger partial charge in [0.1, 0.15) is 0 Å². The topological polar surface area (TPSA) is 62.1 Å². The van der Waals surface area contributed by atoms with E-state index in [4.69, 9.17) is 5.73 Å². The quantitative estimate of drug-likeness (QED) is 0.842. The van der Waals surface area contributed by atoms with E-state index >= 15 is 0 Å². The van der Waals surface area contributed by atoms with E-state index in [2.05, 4.69) is 11.1 Å². The number of carbonyl (C=O) groups is 1. The van der Waals surface area contributed by atoms with Gasteiger partial charge in [-0.1, -0.05) is 18.2 Å². The zero-order valence-electron chi connectivity index (χ0n) is 10.2. The molecule has 3 N–H and O–H groups in total. The molecule has 1 atom stereocenters.